The van der Waals surface area contributed by atoms with Crippen molar-refractivity contribution in [2.75, 3.05) is 18.5 Å². The third kappa shape index (κ3) is 5.23. The zero-order chi connectivity index (χ0) is 18.9. The maximum absolute atomic E-state index is 12.1. The predicted octanol–water partition coefficient (Wildman–Crippen LogP) is 3.83. The van der Waals surface area contributed by atoms with Crippen molar-refractivity contribution in [3.05, 3.63) is 52.5 Å². The summed E-state index contributed by atoms with van der Waals surface area (Å²) >= 11 is 5.88. The van der Waals surface area contributed by atoms with Crippen molar-refractivity contribution in [3.8, 4) is 17.6 Å². The Bertz CT molecular complexity index is 846. The molecule has 1 amide bonds. The smallest absolute Gasteiger partial charge is 0.262 e. The van der Waals surface area contributed by atoms with Crippen molar-refractivity contribution < 1.29 is 19.1 Å². The highest BCUT2D eigenvalue weighted by Crippen LogP contribution is 2.24. The molecule has 0 aromatic heterocycles. The molecule has 0 saturated carbocycles. The number of aldehydes is 1. The summed E-state index contributed by atoms with van der Waals surface area (Å²) < 4.78 is 10.9. The Morgan fingerprint density at radius 3 is 2.77 bits per heavy atom. The summed E-state index contributed by atoms with van der Waals surface area (Å²) in [6.45, 7) is 2.17. The van der Waals surface area contributed by atoms with E-state index in [4.69, 9.17) is 26.3 Å². The first-order chi connectivity index (χ1) is 12.6. The molecule has 26 heavy (non-hydrogen) atoms. The van der Waals surface area contributed by atoms with Crippen LogP contribution in [0.3, 0.4) is 0 Å². The minimum Gasteiger partial charge on any atom is -0.493 e. The van der Waals surface area contributed by atoms with E-state index in [2.05, 4.69) is 5.32 Å². The highest BCUT2D eigenvalue weighted by molar-refractivity contribution is 6.31. The average Bonchev–Trinajstić information content (AvgIpc) is 2.65. The molecule has 0 atom stereocenters. The minimum absolute atomic E-state index is 0.246. The number of amides is 1. The third-order valence-corrected chi connectivity index (χ3v) is 3.55. The van der Waals surface area contributed by atoms with Crippen molar-refractivity contribution in [2.45, 2.75) is 13.3 Å². The van der Waals surface area contributed by atoms with Crippen molar-refractivity contribution in [2.24, 2.45) is 0 Å². The van der Waals surface area contributed by atoms with E-state index in [1.165, 1.54) is 12.1 Å². The van der Waals surface area contributed by atoms with E-state index in [9.17, 15) is 9.59 Å². The van der Waals surface area contributed by atoms with Crippen LogP contribution in [0.1, 0.15) is 29.3 Å². The number of ether oxygens (including phenoxy) is 2. The quantitative estimate of drug-likeness (QED) is 0.711. The summed E-state index contributed by atoms with van der Waals surface area (Å²) in [5.74, 6) is 0.310. The molecule has 0 aliphatic rings. The van der Waals surface area contributed by atoms with Crippen LogP contribution in [-0.4, -0.2) is 25.4 Å². The second-order valence-electron chi connectivity index (χ2n) is 5.30. The van der Waals surface area contributed by atoms with Gasteiger partial charge in [-0.1, -0.05) is 18.5 Å². The van der Waals surface area contributed by atoms with E-state index in [0.29, 0.717) is 34.9 Å². The highest BCUT2D eigenvalue weighted by Gasteiger charge is 2.11. The summed E-state index contributed by atoms with van der Waals surface area (Å²) in [4.78, 5) is 23.3. The molecule has 0 bridgehead atoms. The van der Waals surface area contributed by atoms with Gasteiger partial charge in [0.1, 0.15) is 17.6 Å². The Balaban J connectivity index is 2.06. The predicted molar refractivity (Wildman–Crippen MR) is 97.9 cm³/mol. The number of carbonyl (C=O) groups is 2. The Labute approximate surface area is 156 Å². The number of benzene rings is 2. The van der Waals surface area contributed by atoms with Crippen LogP contribution in [0.2, 0.25) is 5.02 Å². The van der Waals surface area contributed by atoms with E-state index in [-0.39, 0.29) is 17.9 Å². The average molecular weight is 373 g/mol. The summed E-state index contributed by atoms with van der Waals surface area (Å²) in [5.41, 5.74) is 0.887. The van der Waals surface area contributed by atoms with Gasteiger partial charge in [-0.15, -0.1) is 0 Å². The van der Waals surface area contributed by atoms with E-state index in [0.717, 1.165) is 6.42 Å². The number of hydrogen-bond acceptors (Lipinski definition) is 5. The molecule has 2 rings (SSSR count). The van der Waals surface area contributed by atoms with Gasteiger partial charge in [-0.3, -0.25) is 9.59 Å². The van der Waals surface area contributed by atoms with Gasteiger partial charge in [0, 0.05) is 11.1 Å². The minimum atomic E-state index is -0.486. The van der Waals surface area contributed by atoms with E-state index in [1.807, 2.05) is 13.0 Å². The Morgan fingerprint density at radius 1 is 1.27 bits per heavy atom. The van der Waals surface area contributed by atoms with Crippen LogP contribution in [0.5, 0.6) is 11.5 Å². The van der Waals surface area contributed by atoms with E-state index < -0.39 is 5.91 Å². The van der Waals surface area contributed by atoms with Crippen LogP contribution in [0.4, 0.5) is 5.69 Å². The zero-order valence-electron chi connectivity index (χ0n) is 14.1. The van der Waals surface area contributed by atoms with Crippen LogP contribution >= 0.6 is 11.6 Å². The molecule has 134 valence electrons. The summed E-state index contributed by atoms with van der Waals surface area (Å²) in [6, 6.07) is 11.3. The van der Waals surface area contributed by atoms with Gasteiger partial charge >= 0.3 is 0 Å². The molecule has 2 aromatic carbocycles. The number of halogens is 1. The molecule has 6 nitrogen and oxygen atoms in total. The Kier molecular flexibility index (Phi) is 7.01. The van der Waals surface area contributed by atoms with Crippen molar-refractivity contribution in [1.82, 2.24) is 0 Å². The summed E-state index contributed by atoms with van der Waals surface area (Å²) in [6.07, 6.45) is 1.48. The lowest BCUT2D eigenvalue weighted by Gasteiger charge is -2.12. The maximum atomic E-state index is 12.1. The third-order valence-electron chi connectivity index (χ3n) is 3.32. The summed E-state index contributed by atoms with van der Waals surface area (Å²) in [5, 5.41) is 12.0. The second kappa shape index (κ2) is 9.44. The molecule has 0 aliphatic heterocycles. The number of nitrogens with one attached hydrogen (secondary N) is 1. The van der Waals surface area contributed by atoms with Gasteiger partial charge in [0.2, 0.25) is 0 Å². The van der Waals surface area contributed by atoms with Gasteiger partial charge in [-0.25, -0.2) is 0 Å². The molecule has 0 saturated heterocycles. The van der Waals surface area contributed by atoms with Crippen LogP contribution < -0.4 is 14.8 Å². The number of anilines is 1. The van der Waals surface area contributed by atoms with Gasteiger partial charge in [0.15, 0.2) is 12.9 Å². The van der Waals surface area contributed by atoms with Gasteiger partial charge in [0.25, 0.3) is 5.91 Å². The molecule has 0 unspecified atom stereocenters. The number of nitrogens with zero attached hydrogens (tertiary/aromatic N) is 1. The van der Waals surface area contributed by atoms with Gasteiger partial charge in [0.05, 0.1) is 23.4 Å². The van der Waals surface area contributed by atoms with Gasteiger partial charge in [-0.05, 0) is 36.8 Å². The first-order valence-electron chi connectivity index (χ1n) is 7.91. The standard InChI is InChI=1S/C19H17ClN2O4/c1-2-7-25-16-6-4-14(11-23)18(9-16)26-12-19(24)22-17-8-15(20)5-3-13(17)10-21/h3-6,8-9,11H,2,7,12H2,1H3,(H,22,24). The molecule has 0 spiro atoms. The zero-order valence-corrected chi connectivity index (χ0v) is 14.9. The van der Waals surface area contributed by atoms with Crippen molar-refractivity contribution in [1.29, 1.82) is 5.26 Å². The fourth-order valence-electron chi connectivity index (χ4n) is 2.09. The normalized spacial score (nSPS) is 9.88. The molecule has 0 aliphatic carbocycles. The maximum Gasteiger partial charge on any atom is 0.262 e. The topological polar surface area (TPSA) is 88.4 Å². The number of carbonyl (C=O) groups excluding carboxylic acids is 2. The lowest BCUT2D eigenvalue weighted by atomic mass is 10.2. The Hall–Kier alpha value is -3.04. The van der Waals surface area contributed by atoms with E-state index >= 15 is 0 Å². The molecular weight excluding hydrogens is 356 g/mol. The molecule has 2 aromatic rings. The molecule has 0 radical (unpaired) electrons. The Morgan fingerprint density at radius 2 is 2.08 bits per heavy atom. The number of rotatable bonds is 8. The first-order valence-corrected chi connectivity index (χ1v) is 8.29. The van der Waals surface area contributed by atoms with Crippen LogP contribution in [-0.2, 0) is 4.79 Å². The van der Waals surface area contributed by atoms with Crippen LogP contribution in [0.15, 0.2) is 36.4 Å². The SMILES string of the molecule is CCCOc1ccc(C=O)c(OCC(=O)Nc2cc(Cl)ccc2C#N)c1. The largest absolute Gasteiger partial charge is 0.493 e. The van der Waals surface area contributed by atoms with Gasteiger partial charge < -0.3 is 14.8 Å². The first kappa shape index (κ1) is 19.3. The number of hydrogen-bond donors (Lipinski definition) is 1. The summed E-state index contributed by atoms with van der Waals surface area (Å²) in [7, 11) is 0. The lowest BCUT2D eigenvalue weighted by molar-refractivity contribution is -0.118. The fraction of sp³-hybridized carbons (Fsp3) is 0.211. The monoisotopic (exact) mass is 372 g/mol. The van der Waals surface area contributed by atoms with Gasteiger partial charge in [-0.2, -0.15) is 5.26 Å². The van der Waals surface area contributed by atoms with E-state index in [1.54, 1.807) is 24.3 Å². The highest BCUT2D eigenvalue weighted by atomic mass is 35.5. The second-order valence-corrected chi connectivity index (χ2v) is 5.74. The lowest BCUT2D eigenvalue weighted by Crippen LogP contribution is -2.21. The molecule has 0 fully saturated rings. The molecule has 7 heteroatoms. The molecular formula is C19H17ClN2O4. The van der Waals surface area contributed by atoms with Crippen molar-refractivity contribution in [3.63, 3.8) is 0 Å². The van der Waals surface area contributed by atoms with Crippen molar-refractivity contribution >= 4 is 29.5 Å². The number of nitriles is 1. The van der Waals surface area contributed by atoms with Crippen LogP contribution in [0.25, 0.3) is 0 Å². The molecule has 1 N–H and O–H groups in total. The molecule has 0 heterocycles. The fourth-order valence-corrected chi connectivity index (χ4v) is 2.27. The van der Waals surface area contributed by atoms with Crippen LogP contribution in [0, 0.1) is 11.3 Å².